The minimum absolute atomic E-state index is 0.0313. The lowest BCUT2D eigenvalue weighted by molar-refractivity contribution is -0.146. The molecule has 0 bridgehead atoms. The van der Waals surface area contributed by atoms with Crippen molar-refractivity contribution in [3.05, 3.63) is 35.9 Å². The fraction of sp³-hybridized carbons (Fsp3) is 0.579. The molecule has 1 aliphatic carbocycles. The number of amides is 1. The predicted molar refractivity (Wildman–Crippen MR) is 92.8 cm³/mol. The van der Waals surface area contributed by atoms with E-state index in [1.807, 2.05) is 30.3 Å². The summed E-state index contributed by atoms with van der Waals surface area (Å²) in [5, 5.41) is 2.96. The Balaban J connectivity index is 1.49. The van der Waals surface area contributed by atoms with Crippen LogP contribution in [-0.2, 0) is 30.4 Å². The van der Waals surface area contributed by atoms with E-state index in [-0.39, 0.29) is 30.4 Å². The van der Waals surface area contributed by atoms with Gasteiger partial charge in [0.2, 0.25) is 5.91 Å². The van der Waals surface area contributed by atoms with Gasteiger partial charge in [0.15, 0.2) is 0 Å². The van der Waals surface area contributed by atoms with Gasteiger partial charge in [0.1, 0.15) is 6.61 Å². The fourth-order valence-corrected chi connectivity index (χ4v) is 2.96. The van der Waals surface area contributed by atoms with Crippen molar-refractivity contribution in [2.24, 2.45) is 5.92 Å². The summed E-state index contributed by atoms with van der Waals surface area (Å²) in [6, 6.07) is 10.0. The zero-order valence-corrected chi connectivity index (χ0v) is 14.7. The second kappa shape index (κ2) is 10.8. The Hall–Kier alpha value is -1.92. The van der Waals surface area contributed by atoms with E-state index >= 15 is 0 Å². The number of hydrogen-bond donors (Lipinski definition) is 1. The van der Waals surface area contributed by atoms with Gasteiger partial charge in [-0.05, 0) is 31.2 Å². The van der Waals surface area contributed by atoms with Crippen LogP contribution in [0.2, 0.25) is 0 Å². The van der Waals surface area contributed by atoms with Crippen LogP contribution in [0, 0.1) is 5.92 Å². The van der Waals surface area contributed by atoms with Crippen LogP contribution < -0.4 is 5.32 Å². The Kier molecular flexibility index (Phi) is 8.42. The minimum atomic E-state index is -0.149. The van der Waals surface area contributed by atoms with Gasteiger partial charge in [0, 0.05) is 6.04 Å². The molecule has 0 radical (unpaired) electrons. The molecule has 1 N–H and O–H groups in total. The summed E-state index contributed by atoms with van der Waals surface area (Å²) in [6.45, 7) is 1.41. The van der Waals surface area contributed by atoms with Crippen LogP contribution >= 0.6 is 0 Å². The van der Waals surface area contributed by atoms with Crippen LogP contribution in [0.4, 0.5) is 0 Å². The third-order valence-corrected chi connectivity index (χ3v) is 4.34. The van der Waals surface area contributed by atoms with Crippen LogP contribution in [0.1, 0.15) is 31.2 Å². The van der Waals surface area contributed by atoms with Gasteiger partial charge in [-0.1, -0.05) is 30.3 Å². The lowest BCUT2D eigenvalue weighted by Gasteiger charge is -2.27. The molecule has 0 spiro atoms. The molecule has 6 heteroatoms. The van der Waals surface area contributed by atoms with Gasteiger partial charge >= 0.3 is 5.97 Å². The van der Waals surface area contributed by atoms with Crippen LogP contribution in [0.5, 0.6) is 0 Å². The van der Waals surface area contributed by atoms with Gasteiger partial charge in [-0.15, -0.1) is 0 Å². The maximum Gasteiger partial charge on any atom is 0.308 e. The van der Waals surface area contributed by atoms with Gasteiger partial charge in [0.25, 0.3) is 0 Å². The molecule has 0 saturated heterocycles. The Morgan fingerprint density at radius 3 is 2.40 bits per heavy atom. The highest BCUT2D eigenvalue weighted by Gasteiger charge is 2.27. The molecule has 1 saturated carbocycles. The van der Waals surface area contributed by atoms with Crippen molar-refractivity contribution < 1.29 is 23.8 Å². The second-order valence-electron chi connectivity index (χ2n) is 6.23. The fourth-order valence-electron chi connectivity index (χ4n) is 2.96. The average Bonchev–Trinajstić information content (AvgIpc) is 2.65. The standard InChI is InChI=1S/C19H27NO5/c1-23-19(22)16-7-9-17(10-8-16)20-18(21)14-25-12-11-24-13-15-5-3-2-4-6-15/h2-6,16-17H,7-14H2,1H3,(H,20,21)/t16-,17-. The van der Waals surface area contributed by atoms with Gasteiger partial charge in [0.05, 0.1) is 32.8 Å². The van der Waals surface area contributed by atoms with Crippen molar-refractivity contribution in [3.8, 4) is 0 Å². The summed E-state index contributed by atoms with van der Waals surface area (Å²) < 4.78 is 15.6. The minimum Gasteiger partial charge on any atom is -0.469 e. The largest absolute Gasteiger partial charge is 0.469 e. The van der Waals surface area contributed by atoms with Crippen molar-refractivity contribution in [3.63, 3.8) is 0 Å². The monoisotopic (exact) mass is 349 g/mol. The van der Waals surface area contributed by atoms with E-state index in [0.29, 0.717) is 19.8 Å². The highest BCUT2D eigenvalue weighted by Crippen LogP contribution is 2.25. The average molecular weight is 349 g/mol. The number of benzene rings is 1. The van der Waals surface area contributed by atoms with E-state index in [9.17, 15) is 9.59 Å². The SMILES string of the molecule is COC(=O)[C@H]1CC[C@H](NC(=O)COCCOCc2ccccc2)CC1. The van der Waals surface area contributed by atoms with Crippen LogP contribution in [0.15, 0.2) is 30.3 Å². The number of nitrogens with one attached hydrogen (secondary N) is 1. The van der Waals surface area contributed by atoms with Crippen LogP contribution in [0.3, 0.4) is 0 Å². The highest BCUT2D eigenvalue weighted by molar-refractivity contribution is 5.77. The molecular formula is C19H27NO5. The summed E-state index contributed by atoms with van der Waals surface area (Å²) in [5.41, 5.74) is 1.11. The maximum atomic E-state index is 11.9. The number of ether oxygens (including phenoxy) is 3. The lowest BCUT2D eigenvalue weighted by atomic mass is 9.86. The zero-order valence-electron chi connectivity index (χ0n) is 14.7. The van der Waals surface area contributed by atoms with Crippen molar-refractivity contribution in [1.82, 2.24) is 5.32 Å². The van der Waals surface area contributed by atoms with E-state index in [0.717, 1.165) is 31.2 Å². The Morgan fingerprint density at radius 2 is 1.72 bits per heavy atom. The third kappa shape index (κ3) is 7.23. The Morgan fingerprint density at radius 1 is 1.04 bits per heavy atom. The quantitative estimate of drug-likeness (QED) is 0.546. The number of carbonyl (C=O) groups is 2. The second-order valence-corrected chi connectivity index (χ2v) is 6.23. The number of esters is 1. The molecule has 2 rings (SSSR count). The van der Waals surface area contributed by atoms with Gasteiger partial charge in [-0.2, -0.15) is 0 Å². The number of rotatable bonds is 9. The van der Waals surface area contributed by atoms with E-state index in [2.05, 4.69) is 5.32 Å². The molecule has 0 heterocycles. The summed E-state index contributed by atoms with van der Waals surface area (Å²) in [4.78, 5) is 23.3. The van der Waals surface area contributed by atoms with E-state index in [1.54, 1.807) is 0 Å². The Labute approximate surface area is 148 Å². The first-order valence-electron chi connectivity index (χ1n) is 8.75. The number of hydrogen-bond acceptors (Lipinski definition) is 5. The van der Waals surface area contributed by atoms with E-state index < -0.39 is 0 Å². The van der Waals surface area contributed by atoms with Crippen LogP contribution in [-0.4, -0.2) is 44.8 Å². The van der Waals surface area contributed by atoms with E-state index in [1.165, 1.54) is 7.11 Å². The van der Waals surface area contributed by atoms with Crippen molar-refractivity contribution in [2.75, 3.05) is 26.9 Å². The summed E-state index contributed by atoms with van der Waals surface area (Å²) in [6.07, 6.45) is 3.11. The molecule has 25 heavy (non-hydrogen) atoms. The first-order valence-corrected chi connectivity index (χ1v) is 8.75. The molecular weight excluding hydrogens is 322 g/mol. The molecule has 0 atom stereocenters. The number of methoxy groups -OCH3 is 1. The van der Waals surface area contributed by atoms with Gasteiger partial charge in [-0.25, -0.2) is 0 Å². The molecule has 1 fully saturated rings. The first-order chi connectivity index (χ1) is 12.2. The van der Waals surface area contributed by atoms with Crippen molar-refractivity contribution in [2.45, 2.75) is 38.3 Å². The lowest BCUT2D eigenvalue weighted by Crippen LogP contribution is -2.40. The number of carbonyl (C=O) groups excluding carboxylic acids is 2. The van der Waals surface area contributed by atoms with Crippen molar-refractivity contribution in [1.29, 1.82) is 0 Å². The molecule has 0 aromatic heterocycles. The predicted octanol–water partition coefficient (Wildman–Crippen LogP) is 2.07. The summed E-state index contributed by atoms with van der Waals surface area (Å²) in [5.74, 6) is -0.302. The molecule has 1 aliphatic rings. The third-order valence-electron chi connectivity index (χ3n) is 4.34. The topological polar surface area (TPSA) is 73.9 Å². The van der Waals surface area contributed by atoms with Gasteiger partial charge < -0.3 is 19.5 Å². The smallest absolute Gasteiger partial charge is 0.308 e. The molecule has 1 aromatic rings. The van der Waals surface area contributed by atoms with E-state index in [4.69, 9.17) is 14.2 Å². The molecule has 1 aromatic carbocycles. The molecule has 1 amide bonds. The zero-order chi connectivity index (χ0) is 17.9. The maximum absolute atomic E-state index is 11.9. The summed E-state index contributed by atoms with van der Waals surface area (Å²) in [7, 11) is 1.41. The molecule has 138 valence electrons. The molecule has 0 unspecified atom stereocenters. The van der Waals surface area contributed by atoms with Crippen LogP contribution in [0.25, 0.3) is 0 Å². The molecule has 0 aliphatic heterocycles. The normalized spacial score (nSPS) is 20.0. The molecule has 6 nitrogen and oxygen atoms in total. The highest BCUT2D eigenvalue weighted by atomic mass is 16.5. The van der Waals surface area contributed by atoms with Gasteiger partial charge in [-0.3, -0.25) is 9.59 Å². The summed E-state index contributed by atoms with van der Waals surface area (Å²) >= 11 is 0. The van der Waals surface area contributed by atoms with Crippen molar-refractivity contribution >= 4 is 11.9 Å². The first kappa shape index (κ1) is 19.4. The Bertz CT molecular complexity index is 526.